The van der Waals surface area contributed by atoms with Crippen molar-refractivity contribution in [2.24, 2.45) is 0 Å². The third kappa shape index (κ3) is 3.63. The van der Waals surface area contributed by atoms with Crippen LogP contribution in [0.2, 0.25) is 0 Å². The average molecular weight is 264 g/mol. The van der Waals surface area contributed by atoms with Crippen LogP contribution in [0.3, 0.4) is 0 Å². The Morgan fingerprint density at radius 2 is 2.16 bits per heavy atom. The summed E-state index contributed by atoms with van der Waals surface area (Å²) in [6.45, 7) is 6.90. The molecule has 0 aliphatic carbocycles. The predicted molar refractivity (Wildman–Crippen MR) is 75.7 cm³/mol. The Balaban J connectivity index is 2.06. The number of rotatable bonds is 5. The third-order valence-electron chi connectivity index (χ3n) is 3.43. The van der Waals surface area contributed by atoms with E-state index in [0.29, 0.717) is 6.42 Å². The van der Waals surface area contributed by atoms with Crippen LogP contribution in [0.15, 0.2) is 18.2 Å². The molecule has 0 spiro atoms. The lowest BCUT2D eigenvalue weighted by Gasteiger charge is -2.35. The van der Waals surface area contributed by atoms with Crippen molar-refractivity contribution in [3.8, 4) is 11.5 Å². The first-order valence-electron chi connectivity index (χ1n) is 7.15. The first-order valence-corrected chi connectivity index (χ1v) is 7.15. The van der Waals surface area contributed by atoms with Crippen molar-refractivity contribution in [3.05, 3.63) is 23.8 Å². The molecule has 1 N–H and O–H groups in total. The highest BCUT2D eigenvalue weighted by molar-refractivity contribution is 5.43. The van der Waals surface area contributed by atoms with Gasteiger partial charge in [0.2, 0.25) is 0 Å². The van der Waals surface area contributed by atoms with Crippen molar-refractivity contribution in [1.82, 2.24) is 0 Å². The molecule has 0 saturated carbocycles. The van der Waals surface area contributed by atoms with E-state index in [0.717, 1.165) is 30.1 Å². The predicted octanol–water partition coefficient (Wildman–Crippen LogP) is 3.85. The number of fused-ring (bicyclic) bond motifs is 1. The van der Waals surface area contributed by atoms with Crippen LogP contribution in [0.1, 0.15) is 58.1 Å². The molecule has 0 saturated heterocycles. The van der Waals surface area contributed by atoms with E-state index in [2.05, 4.69) is 6.92 Å². The monoisotopic (exact) mass is 264 g/mol. The molecule has 1 unspecified atom stereocenters. The topological polar surface area (TPSA) is 38.7 Å². The second-order valence-corrected chi connectivity index (χ2v) is 5.84. The Labute approximate surface area is 115 Å². The van der Waals surface area contributed by atoms with Crippen molar-refractivity contribution < 1.29 is 14.6 Å². The number of benzene rings is 1. The van der Waals surface area contributed by atoms with Crippen LogP contribution in [-0.2, 0) is 0 Å². The Hall–Kier alpha value is -1.22. The number of hydrogen-bond donors (Lipinski definition) is 1. The summed E-state index contributed by atoms with van der Waals surface area (Å²) in [4.78, 5) is 0. The van der Waals surface area contributed by atoms with E-state index < -0.39 is 6.10 Å². The largest absolute Gasteiger partial charge is 0.493 e. The number of hydrogen-bond acceptors (Lipinski definition) is 3. The molecule has 3 nitrogen and oxygen atoms in total. The van der Waals surface area contributed by atoms with Gasteiger partial charge in [-0.25, -0.2) is 0 Å². The van der Waals surface area contributed by atoms with Crippen molar-refractivity contribution in [1.29, 1.82) is 0 Å². The zero-order chi connectivity index (χ0) is 13.9. The molecule has 2 rings (SSSR count). The number of aliphatic hydroxyl groups excluding tert-OH is 1. The minimum absolute atomic E-state index is 0.326. The zero-order valence-corrected chi connectivity index (χ0v) is 12.1. The van der Waals surface area contributed by atoms with Crippen LogP contribution >= 0.6 is 0 Å². The average Bonchev–Trinajstić information content (AvgIpc) is 2.32. The van der Waals surface area contributed by atoms with Crippen LogP contribution < -0.4 is 9.47 Å². The summed E-state index contributed by atoms with van der Waals surface area (Å²) in [6.07, 6.45) is 3.62. The van der Waals surface area contributed by atoms with Gasteiger partial charge in [-0.3, -0.25) is 0 Å². The van der Waals surface area contributed by atoms with Crippen molar-refractivity contribution >= 4 is 0 Å². The van der Waals surface area contributed by atoms with E-state index in [9.17, 15) is 5.11 Å². The summed E-state index contributed by atoms with van der Waals surface area (Å²) in [7, 11) is 0. The molecule has 1 atom stereocenters. The third-order valence-corrected chi connectivity index (χ3v) is 3.43. The highest BCUT2D eigenvalue weighted by Gasteiger charge is 2.32. The molecule has 19 heavy (non-hydrogen) atoms. The van der Waals surface area contributed by atoms with Crippen molar-refractivity contribution in [3.63, 3.8) is 0 Å². The number of aliphatic hydroxyl groups is 1. The van der Waals surface area contributed by atoms with Gasteiger partial charge in [0.05, 0.1) is 12.7 Å². The molecule has 0 amide bonds. The summed E-state index contributed by atoms with van der Waals surface area (Å²) >= 11 is 0. The maximum absolute atomic E-state index is 10.1. The first-order chi connectivity index (χ1) is 9.02. The smallest absolute Gasteiger partial charge is 0.129 e. The number of ether oxygens (including phenoxy) is 2. The lowest BCUT2D eigenvalue weighted by atomic mass is 9.92. The second-order valence-electron chi connectivity index (χ2n) is 5.84. The Bertz CT molecular complexity index is 426. The fourth-order valence-corrected chi connectivity index (χ4v) is 2.43. The first kappa shape index (κ1) is 14.2. The lowest BCUT2D eigenvalue weighted by Crippen LogP contribution is -2.34. The molecule has 106 valence electrons. The summed E-state index contributed by atoms with van der Waals surface area (Å²) < 4.78 is 11.6. The van der Waals surface area contributed by atoms with E-state index in [1.54, 1.807) is 0 Å². The van der Waals surface area contributed by atoms with Gasteiger partial charge in [-0.1, -0.05) is 19.8 Å². The van der Waals surface area contributed by atoms with Crippen LogP contribution in [0, 0.1) is 0 Å². The molecule has 1 aliphatic rings. The van der Waals surface area contributed by atoms with Crippen LogP contribution in [0.5, 0.6) is 11.5 Å². The van der Waals surface area contributed by atoms with Gasteiger partial charge in [0.1, 0.15) is 17.1 Å². The van der Waals surface area contributed by atoms with Crippen LogP contribution in [-0.4, -0.2) is 17.3 Å². The number of unbranched alkanes of at least 4 members (excludes halogenated alkanes) is 2. The second kappa shape index (κ2) is 5.83. The van der Waals surface area contributed by atoms with Crippen LogP contribution in [0.4, 0.5) is 0 Å². The van der Waals surface area contributed by atoms with E-state index in [1.165, 1.54) is 12.8 Å². The van der Waals surface area contributed by atoms with E-state index >= 15 is 0 Å². The van der Waals surface area contributed by atoms with Gasteiger partial charge < -0.3 is 14.6 Å². The Kier molecular flexibility index (Phi) is 4.35. The standard InChI is InChI=1S/C16H24O3/c1-4-5-6-9-18-12-7-8-13-14(17)11-16(2,3)19-15(13)10-12/h7-8,10,14,17H,4-6,9,11H2,1-3H3. The summed E-state index contributed by atoms with van der Waals surface area (Å²) in [5.74, 6) is 1.57. The lowest BCUT2D eigenvalue weighted by molar-refractivity contribution is 0.0113. The Morgan fingerprint density at radius 3 is 2.89 bits per heavy atom. The highest BCUT2D eigenvalue weighted by atomic mass is 16.5. The molecule has 0 bridgehead atoms. The molecular weight excluding hydrogens is 240 g/mol. The van der Waals surface area contributed by atoms with Crippen molar-refractivity contribution in [2.45, 2.75) is 58.2 Å². The fraction of sp³-hybridized carbons (Fsp3) is 0.625. The molecule has 1 aromatic rings. The maximum atomic E-state index is 10.1. The molecule has 1 aliphatic heterocycles. The van der Waals surface area contributed by atoms with Gasteiger partial charge in [0, 0.05) is 18.1 Å². The summed E-state index contributed by atoms with van der Waals surface area (Å²) in [6, 6.07) is 5.71. The molecule has 1 aromatic carbocycles. The van der Waals surface area contributed by atoms with Gasteiger partial charge >= 0.3 is 0 Å². The quantitative estimate of drug-likeness (QED) is 0.821. The normalized spacial score (nSPS) is 20.5. The van der Waals surface area contributed by atoms with Gasteiger partial charge in [-0.05, 0) is 32.4 Å². The van der Waals surface area contributed by atoms with Crippen LogP contribution in [0.25, 0.3) is 0 Å². The molecule has 0 radical (unpaired) electrons. The minimum atomic E-state index is -0.451. The van der Waals surface area contributed by atoms with Gasteiger partial charge in [-0.15, -0.1) is 0 Å². The van der Waals surface area contributed by atoms with E-state index in [-0.39, 0.29) is 5.60 Å². The molecule has 0 aromatic heterocycles. The Morgan fingerprint density at radius 1 is 1.37 bits per heavy atom. The molecule has 1 heterocycles. The van der Waals surface area contributed by atoms with Gasteiger partial charge in [0.25, 0.3) is 0 Å². The van der Waals surface area contributed by atoms with E-state index in [1.807, 2.05) is 32.0 Å². The van der Waals surface area contributed by atoms with Crippen molar-refractivity contribution in [2.75, 3.05) is 6.61 Å². The zero-order valence-electron chi connectivity index (χ0n) is 12.1. The summed E-state index contributed by atoms with van der Waals surface area (Å²) in [5.41, 5.74) is 0.535. The minimum Gasteiger partial charge on any atom is -0.493 e. The van der Waals surface area contributed by atoms with Gasteiger partial charge in [-0.2, -0.15) is 0 Å². The molecule has 3 heteroatoms. The maximum Gasteiger partial charge on any atom is 0.129 e. The molecular formula is C16H24O3. The summed E-state index contributed by atoms with van der Waals surface area (Å²) in [5, 5.41) is 10.1. The van der Waals surface area contributed by atoms with Gasteiger partial charge in [0.15, 0.2) is 0 Å². The SMILES string of the molecule is CCCCCOc1ccc2c(c1)OC(C)(C)CC2O. The van der Waals surface area contributed by atoms with E-state index in [4.69, 9.17) is 9.47 Å². The fourth-order valence-electron chi connectivity index (χ4n) is 2.43. The highest BCUT2D eigenvalue weighted by Crippen LogP contribution is 2.41. The molecule has 0 fully saturated rings.